The molecule has 192 valence electrons. The maximum absolute atomic E-state index is 13.9. The van der Waals surface area contributed by atoms with Crippen LogP contribution in [0.2, 0.25) is 0 Å². The van der Waals surface area contributed by atoms with Gasteiger partial charge in [-0.2, -0.15) is 0 Å². The SMILES string of the molecule is CC(=O)c1ccc(N2C(=O)[C@H]3[C@H](CC=C4[C@H](c5ccc(CO)o5)C5=C(C[C@H]43)C(=O)C=C(C)C5=O)C2=O)cc1. The van der Waals surface area contributed by atoms with E-state index >= 15 is 0 Å². The smallest absolute Gasteiger partial charge is 0.238 e. The summed E-state index contributed by atoms with van der Waals surface area (Å²) in [6, 6.07) is 9.69. The highest BCUT2D eigenvalue weighted by Gasteiger charge is 2.57. The van der Waals surface area contributed by atoms with Gasteiger partial charge >= 0.3 is 0 Å². The fourth-order valence-electron chi connectivity index (χ4n) is 6.42. The molecule has 2 amide bonds. The van der Waals surface area contributed by atoms with Crippen LogP contribution in [0, 0.1) is 17.8 Å². The average molecular weight is 512 g/mol. The number of aliphatic hydroxyl groups excluding tert-OH is 1. The second-order valence-corrected chi connectivity index (χ2v) is 10.3. The maximum atomic E-state index is 13.9. The number of aliphatic hydroxyl groups is 1. The summed E-state index contributed by atoms with van der Waals surface area (Å²) in [6.45, 7) is 2.73. The summed E-state index contributed by atoms with van der Waals surface area (Å²) in [6.07, 6.45) is 3.74. The van der Waals surface area contributed by atoms with E-state index in [9.17, 15) is 29.1 Å². The first-order valence-electron chi connectivity index (χ1n) is 12.6. The van der Waals surface area contributed by atoms with Crippen LogP contribution in [0.5, 0.6) is 0 Å². The predicted octanol–water partition coefficient (Wildman–Crippen LogP) is 3.61. The highest BCUT2D eigenvalue weighted by Crippen LogP contribution is 2.55. The van der Waals surface area contributed by atoms with Crippen molar-refractivity contribution in [2.24, 2.45) is 17.8 Å². The van der Waals surface area contributed by atoms with Gasteiger partial charge in [-0.1, -0.05) is 11.6 Å². The molecular weight excluding hydrogens is 486 g/mol. The van der Waals surface area contributed by atoms with Gasteiger partial charge in [0.05, 0.1) is 23.4 Å². The number of hydrogen-bond acceptors (Lipinski definition) is 7. The molecule has 2 heterocycles. The van der Waals surface area contributed by atoms with Crippen LogP contribution in [0.3, 0.4) is 0 Å². The van der Waals surface area contributed by atoms with Gasteiger partial charge in [0, 0.05) is 22.3 Å². The molecule has 4 aliphatic rings. The monoisotopic (exact) mass is 511 g/mol. The molecule has 6 rings (SSSR count). The van der Waals surface area contributed by atoms with E-state index in [0.29, 0.717) is 45.9 Å². The molecule has 38 heavy (non-hydrogen) atoms. The van der Waals surface area contributed by atoms with Crippen molar-refractivity contribution in [3.63, 3.8) is 0 Å². The Balaban J connectivity index is 1.44. The second kappa shape index (κ2) is 8.70. The molecule has 4 atom stereocenters. The van der Waals surface area contributed by atoms with Crippen LogP contribution >= 0.6 is 0 Å². The highest BCUT2D eigenvalue weighted by molar-refractivity contribution is 6.25. The van der Waals surface area contributed by atoms with Gasteiger partial charge < -0.3 is 9.52 Å². The third kappa shape index (κ3) is 3.44. The molecule has 8 heteroatoms. The second-order valence-electron chi connectivity index (χ2n) is 10.3. The average Bonchev–Trinajstić information content (AvgIpc) is 3.48. The molecule has 1 aromatic carbocycles. The minimum atomic E-state index is -0.700. The number of ketones is 3. The van der Waals surface area contributed by atoms with Crippen molar-refractivity contribution in [3.05, 3.63) is 87.9 Å². The molecule has 0 spiro atoms. The van der Waals surface area contributed by atoms with Crippen LogP contribution < -0.4 is 4.90 Å². The largest absolute Gasteiger partial charge is 0.463 e. The fourth-order valence-corrected chi connectivity index (χ4v) is 6.42. The van der Waals surface area contributed by atoms with Crippen molar-refractivity contribution in [2.45, 2.75) is 39.2 Å². The number of fused-ring (bicyclic) bond motifs is 3. The summed E-state index contributed by atoms with van der Waals surface area (Å²) in [7, 11) is 0. The third-order valence-corrected chi connectivity index (χ3v) is 8.22. The van der Waals surface area contributed by atoms with Crippen LogP contribution in [0.4, 0.5) is 5.69 Å². The number of carbonyl (C=O) groups is 5. The Morgan fingerprint density at radius 3 is 2.42 bits per heavy atom. The van der Waals surface area contributed by atoms with Gasteiger partial charge in [-0.15, -0.1) is 0 Å². The van der Waals surface area contributed by atoms with E-state index in [4.69, 9.17) is 4.42 Å². The molecule has 8 nitrogen and oxygen atoms in total. The van der Waals surface area contributed by atoms with Gasteiger partial charge in [0.15, 0.2) is 17.3 Å². The molecule has 0 unspecified atom stereocenters. The van der Waals surface area contributed by atoms with Gasteiger partial charge in [0.1, 0.15) is 18.1 Å². The lowest BCUT2D eigenvalue weighted by molar-refractivity contribution is -0.123. The quantitative estimate of drug-likeness (QED) is 0.288. The lowest BCUT2D eigenvalue weighted by Crippen LogP contribution is -2.39. The van der Waals surface area contributed by atoms with E-state index < -0.39 is 23.7 Å². The Hall–Kier alpha value is -4.17. The number of benzene rings is 1. The Kier molecular flexibility index (Phi) is 5.54. The molecule has 0 saturated carbocycles. The molecule has 1 N–H and O–H groups in total. The van der Waals surface area contributed by atoms with Crippen molar-refractivity contribution in [1.29, 1.82) is 0 Å². The molecule has 2 aromatic rings. The summed E-state index contributed by atoms with van der Waals surface area (Å²) in [4.78, 5) is 66.7. The van der Waals surface area contributed by atoms with Crippen LogP contribution in [0.15, 0.2) is 75.3 Å². The normalized spacial score (nSPS) is 26.7. The van der Waals surface area contributed by atoms with E-state index in [1.807, 2.05) is 6.08 Å². The van der Waals surface area contributed by atoms with Gasteiger partial charge in [-0.05, 0) is 75.1 Å². The van der Waals surface area contributed by atoms with Crippen molar-refractivity contribution in [1.82, 2.24) is 0 Å². The zero-order chi connectivity index (χ0) is 26.9. The number of hydrogen-bond donors (Lipinski definition) is 1. The molecule has 1 saturated heterocycles. The first-order chi connectivity index (χ1) is 18.2. The van der Waals surface area contributed by atoms with Gasteiger partial charge in [-0.3, -0.25) is 28.9 Å². The Labute approximate surface area is 218 Å². The van der Waals surface area contributed by atoms with E-state index in [2.05, 4.69) is 0 Å². The standard InChI is InChI=1S/C30H25NO7/c1-14-11-23(34)22-12-21-19(26(27(22)28(14)35)24-10-7-18(13-32)38-24)8-9-20-25(21)30(37)31(29(20)36)17-5-3-16(4-6-17)15(2)33/h3-8,10-11,20-21,25-26,32H,9,12-13H2,1-2H3/t20-,21+,25-,26+/m0/s1. The van der Waals surface area contributed by atoms with Crippen LogP contribution in [0.25, 0.3) is 0 Å². The Morgan fingerprint density at radius 2 is 1.76 bits per heavy atom. The van der Waals surface area contributed by atoms with Crippen molar-refractivity contribution < 1.29 is 33.5 Å². The summed E-state index contributed by atoms with van der Waals surface area (Å²) in [5, 5.41) is 9.57. The molecule has 3 aliphatic carbocycles. The molecule has 1 aliphatic heterocycles. The molecule has 1 aromatic heterocycles. The summed E-state index contributed by atoms with van der Waals surface area (Å²) < 4.78 is 5.87. The van der Waals surface area contributed by atoms with E-state index in [1.54, 1.807) is 43.3 Å². The minimum absolute atomic E-state index is 0.117. The number of allylic oxidation sites excluding steroid dienone is 6. The summed E-state index contributed by atoms with van der Waals surface area (Å²) in [5.74, 6) is -3.01. The Morgan fingerprint density at radius 1 is 1.03 bits per heavy atom. The minimum Gasteiger partial charge on any atom is -0.463 e. The van der Waals surface area contributed by atoms with Gasteiger partial charge in [0.2, 0.25) is 11.8 Å². The lowest BCUT2D eigenvalue weighted by Gasteiger charge is -2.41. The first-order valence-corrected chi connectivity index (χ1v) is 12.6. The number of rotatable bonds is 4. The lowest BCUT2D eigenvalue weighted by atomic mass is 9.60. The van der Waals surface area contributed by atoms with Crippen LogP contribution in [0.1, 0.15) is 54.5 Å². The van der Waals surface area contributed by atoms with Crippen LogP contribution in [-0.2, 0) is 25.8 Å². The number of furan rings is 1. The molecular formula is C30H25NO7. The number of carbonyl (C=O) groups excluding carboxylic acids is 5. The zero-order valence-corrected chi connectivity index (χ0v) is 20.9. The van der Waals surface area contributed by atoms with Gasteiger partial charge in [0.25, 0.3) is 0 Å². The maximum Gasteiger partial charge on any atom is 0.238 e. The van der Waals surface area contributed by atoms with Crippen LogP contribution in [-0.4, -0.2) is 34.3 Å². The van der Waals surface area contributed by atoms with Crippen molar-refractivity contribution in [3.8, 4) is 0 Å². The van der Waals surface area contributed by atoms with E-state index in [1.165, 1.54) is 17.9 Å². The topological polar surface area (TPSA) is 122 Å². The van der Waals surface area contributed by atoms with Crippen molar-refractivity contribution in [2.75, 3.05) is 4.90 Å². The fraction of sp³-hybridized carbons (Fsp3) is 0.300. The number of Topliss-reactive ketones (excluding diaryl/α,β-unsaturated/α-hetero) is 2. The molecule has 0 radical (unpaired) electrons. The van der Waals surface area contributed by atoms with E-state index in [-0.39, 0.29) is 42.2 Å². The van der Waals surface area contributed by atoms with E-state index in [0.717, 1.165) is 5.57 Å². The molecule has 0 bridgehead atoms. The summed E-state index contributed by atoms with van der Waals surface area (Å²) in [5.41, 5.74) is 2.70. The predicted molar refractivity (Wildman–Crippen MR) is 135 cm³/mol. The van der Waals surface area contributed by atoms with Gasteiger partial charge in [-0.25, -0.2) is 0 Å². The number of amides is 2. The first kappa shape index (κ1) is 24.2. The number of imide groups is 1. The van der Waals surface area contributed by atoms with Crippen molar-refractivity contribution >= 4 is 34.9 Å². The summed E-state index contributed by atoms with van der Waals surface area (Å²) >= 11 is 0. The molecule has 1 fully saturated rings. The highest BCUT2D eigenvalue weighted by atomic mass is 16.4. The number of nitrogens with zero attached hydrogens (tertiary/aromatic N) is 1. The third-order valence-electron chi connectivity index (χ3n) is 8.22. The Bertz CT molecular complexity index is 1530. The number of anilines is 1. The zero-order valence-electron chi connectivity index (χ0n) is 20.9.